The van der Waals surface area contributed by atoms with E-state index in [4.69, 9.17) is 0 Å². The number of rotatable bonds is 2. The lowest BCUT2D eigenvalue weighted by Gasteiger charge is -2.38. The molecule has 0 amide bonds. The lowest BCUT2D eigenvalue weighted by molar-refractivity contribution is -0.133. The van der Waals surface area contributed by atoms with Gasteiger partial charge in [-0.3, -0.25) is 4.90 Å². The summed E-state index contributed by atoms with van der Waals surface area (Å²) in [4.78, 5) is 2.88. The molecule has 0 atom stereocenters. The van der Waals surface area contributed by atoms with E-state index >= 15 is 0 Å². The van der Waals surface area contributed by atoms with Crippen LogP contribution in [0, 0.1) is 0 Å². The lowest BCUT2D eigenvalue weighted by Crippen LogP contribution is -2.55. The quantitative estimate of drug-likeness (QED) is 0.797. The molecule has 0 N–H and O–H groups in total. The summed E-state index contributed by atoms with van der Waals surface area (Å²) < 4.78 is 25.9. The van der Waals surface area contributed by atoms with Crippen LogP contribution in [-0.4, -0.2) is 23.9 Å². The molecule has 1 aliphatic heterocycles. The van der Waals surface area contributed by atoms with E-state index in [2.05, 4.69) is 15.9 Å². The van der Waals surface area contributed by atoms with Crippen LogP contribution < -0.4 is 0 Å². The predicted molar refractivity (Wildman–Crippen MR) is 52.2 cm³/mol. The van der Waals surface area contributed by atoms with E-state index in [0.717, 1.165) is 9.35 Å². The van der Waals surface area contributed by atoms with Crippen LogP contribution in [0.1, 0.15) is 4.88 Å². The molecule has 1 aromatic rings. The summed E-state index contributed by atoms with van der Waals surface area (Å²) >= 11 is 4.92. The van der Waals surface area contributed by atoms with Gasteiger partial charge in [0.25, 0.3) is 5.92 Å². The fourth-order valence-corrected chi connectivity index (χ4v) is 2.87. The highest BCUT2D eigenvalue weighted by Crippen LogP contribution is 2.30. The summed E-state index contributed by atoms with van der Waals surface area (Å²) in [7, 11) is 0. The lowest BCUT2D eigenvalue weighted by atomic mass is 10.1. The minimum atomic E-state index is -2.45. The van der Waals surface area contributed by atoms with Crippen molar-refractivity contribution in [2.45, 2.75) is 12.5 Å². The van der Waals surface area contributed by atoms with Crippen LogP contribution in [0.3, 0.4) is 0 Å². The van der Waals surface area contributed by atoms with E-state index in [1.165, 1.54) is 0 Å². The Morgan fingerprint density at radius 3 is 2.69 bits per heavy atom. The van der Waals surface area contributed by atoms with Gasteiger partial charge in [-0.05, 0) is 22.0 Å². The van der Waals surface area contributed by atoms with Gasteiger partial charge in [-0.15, -0.1) is 11.3 Å². The van der Waals surface area contributed by atoms with Crippen LogP contribution in [0.2, 0.25) is 0 Å². The molecule has 13 heavy (non-hydrogen) atoms. The largest absolute Gasteiger partial charge is 0.286 e. The topological polar surface area (TPSA) is 3.24 Å². The van der Waals surface area contributed by atoms with E-state index in [-0.39, 0.29) is 13.1 Å². The van der Waals surface area contributed by atoms with Crippen molar-refractivity contribution in [3.05, 3.63) is 20.8 Å². The highest BCUT2D eigenvalue weighted by Gasteiger charge is 2.43. The monoisotopic (exact) mass is 267 g/mol. The fourth-order valence-electron chi connectivity index (χ4n) is 1.38. The molecule has 0 aliphatic carbocycles. The maximum atomic E-state index is 12.4. The standard InChI is InChI=1S/C8H8BrF2NS/c9-6-1-7(13-3-6)2-12-4-8(10,11)5-12/h1,3H,2,4-5H2. The second kappa shape index (κ2) is 3.29. The Labute approximate surface area is 87.5 Å². The van der Waals surface area contributed by atoms with E-state index in [0.29, 0.717) is 6.54 Å². The Morgan fingerprint density at radius 1 is 1.54 bits per heavy atom. The maximum Gasteiger partial charge on any atom is 0.272 e. The number of hydrogen-bond acceptors (Lipinski definition) is 2. The molecule has 1 nitrogen and oxygen atoms in total. The van der Waals surface area contributed by atoms with E-state index in [1.807, 2.05) is 11.4 Å². The van der Waals surface area contributed by atoms with Gasteiger partial charge in [0.1, 0.15) is 0 Å². The first-order chi connectivity index (χ1) is 6.05. The Bertz CT molecular complexity index is 305. The van der Waals surface area contributed by atoms with Crippen molar-refractivity contribution >= 4 is 27.3 Å². The van der Waals surface area contributed by atoms with Gasteiger partial charge < -0.3 is 0 Å². The van der Waals surface area contributed by atoms with Crippen molar-refractivity contribution in [2.24, 2.45) is 0 Å². The summed E-state index contributed by atoms with van der Waals surface area (Å²) in [5.74, 6) is -2.45. The van der Waals surface area contributed by atoms with Crippen LogP contribution in [-0.2, 0) is 6.54 Å². The van der Waals surface area contributed by atoms with E-state index in [9.17, 15) is 8.78 Å². The highest BCUT2D eigenvalue weighted by molar-refractivity contribution is 9.10. The van der Waals surface area contributed by atoms with Crippen LogP contribution in [0.15, 0.2) is 15.9 Å². The third kappa shape index (κ3) is 2.27. The zero-order chi connectivity index (χ0) is 9.47. The highest BCUT2D eigenvalue weighted by atomic mass is 79.9. The maximum absolute atomic E-state index is 12.4. The van der Waals surface area contributed by atoms with Gasteiger partial charge in [0.05, 0.1) is 13.1 Å². The molecule has 0 aromatic carbocycles. The first kappa shape index (κ1) is 9.55. The van der Waals surface area contributed by atoms with Gasteiger partial charge in [-0.25, -0.2) is 8.78 Å². The second-order valence-corrected chi connectivity index (χ2v) is 5.14. The molecule has 2 heterocycles. The summed E-state index contributed by atoms with van der Waals surface area (Å²) in [5, 5.41) is 1.97. The number of thiophene rings is 1. The van der Waals surface area contributed by atoms with Gasteiger partial charge >= 0.3 is 0 Å². The number of likely N-dealkylation sites (tertiary alicyclic amines) is 1. The Kier molecular flexibility index (Phi) is 2.42. The Balaban J connectivity index is 1.87. The summed E-state index contributed by atoms with van der Waals surface area (Å²) in [6.07, 6.45) is 0. The molecule has 0 bridgehead atoms. The molecule has 1 saturated heterocycles. The van der Waals surface area contributed by atoms with Gasteiger partial charge in [0, 0.05) is 21.3 Å². The van der Waals surface area contributed by atoms with Gasteiger partial charge in [-0.1, -0.05) is 0 Å². The predicted octanol–water partition coefficient (Wildman–Crippen LogP) is 2.96. The van der Waals surface area contributed by atoms with Crippen molar-refractivity contribution in [3.63, 3.8) is 0 Å². The van der Waals surface area contributed by atoms with Crippen molar-refractivity contribution in [2.75, 3.05) is 13.1 Å². The third-order valence-electron chi connectivity index (χ3n) is 1.91. The summed E-state index contributed by atoms with van der Waals surface area (Å²) in [6.45, 7) is 0.455. The third-order valence-corrected chi connectivity index (χ3v) is 3.59. The molecule has 5 heteroatoms. The smallest absolute Gasteiger partial charge is 0.272 e. The fraction of sp³-hybridized carbons (Fsp3) is 0.500. The SMILES string of the molecule is FC1(F)CN(Cc2cc(Br)cs2)C1. The van der Waals surface area contributed by atoms with Crippen molar-refractivity contribution in [3.8, 4) is 0 Å². The molecule has 0 radical (unpaired) electrons. The molecule has 0 spiro atoms. The zero-order valence-electron chi connectivity index (χ0n) is 6.77. The van der Waals surface area contributed by atoms with Crippen LogP contribution in [0.5, 0.6) is 0 Å². The van der Waals surface area contributed by atoms with Gasteiger partial charge in [0.15, 0.2) is 0 Å². The second-order valence-electron chi connectivity index (χ2n) is 3.23. The summed E-state index contributed by atoms with van der Waals surface area (Å²) in [5.41, 5.74) is 0. The molecule has 0 saturated carbocycles. The average Bonchev–Trinajstić information content (AvgIpc) is 2.31. The average molecular weight is 268 g/mol. The number of nitrogens with zero attached hydrogens (tertiary/aromatic N) is 1. The number of hydrogen-bond donors (Lipinski definition) is 0. The zero-order valence-corrected chi connectivity index (χ0v) is 9.17. The van der Waals surface area contributed by atoms with Crippen LogP contribution in [0.4, 0.5) is 8.78 Å². The molecule has 1 aliphatic rings. The van der Waals surface area contributed by atoms with E-state index in [1.54, 1.807) is 16.2 Å². The van der Waals surface area contributed by atoms with Crippen LogP contribution in [0.25, 0.3) is 0 Å². The van der Waals surface area contributed by atoms with Crippen molar-refractivity contribution in [1.82, 2.24) is 4.90 Å². The molecule has 0 unspecified atom stereocenters. The number of alkyl halides is 2. The van der Waals surface area contributed by atoms with Gasteiger partial charge in [-0.2, -0.15) is 0 Å². The Morgan fingerprint density at radius 2 is 2.23 bits per heavy atom. The van der Waals surface area contributed by atoms with E-state index < -0.39 is 5.92 Å². The first-order valence-corrected chi connectivity index (χ1v) is 5.55. The minimum absolute atomic E-state index is 0.0947. The first-order valence-electron chi connectivity index (χ1n) is 3.88. The molecular formula is C8H8BrF2NS. The molecule has 2 rings (SSSR count). The van der Waals surface area contributed by atoms with Crippen LogP contribution >= 0.6 is 27.3 Å². The van der Waals surface area contributed by atoms with Gasteiger partial charge in [0.2, 0.25) is 0 Å². The van der Waals surface area contributed by atoms with Crippen molar-refractivity contribution < 1.29 is 8.78 Å². The Hall–Kier alpha value is -0.0000000000000000833. The minimum Gasteiger partial charge on any atom is -0.286 e. The molecule has 72 valence electrons. The molecular weight excluding hydrogens is 260 g/mol. The molecule has 1 fully saturated rings. The summed E-state index contributed by atoms with van der Waals surface area (Å²) in [6, 6.07) is 1.97. The normalized spacial score (nSPS) is 21.5. The number of halogens is 3. The molecule has 1 aromatic heterocycles. The van der Waals surface area contributed by atoms with Crippen molar-refractivity contribution in [1.29, 1.82) is 0 Å².